The summed E-state index contributed by atoms with van der Waals surface area (Å²) in [7, 11) is 0. The summed E-state index contributed by atoms with van der Waals surface area (Å²) in [5.41, 5.74) is -0.731. The average molecular weight is 393 g/mol. The van der Waals surface area contributed by atoms with Crippen molar-refractivity contribution in [2.75, 3.05) is 10.6 Å². The number of carbonyl (C=O) groups is 1. The largest absolute Gasteiger partial charge is 0.418 e. The van der Waals surface area contributed by atoms with Crippen LogP contribution in [0, 0.1) is 0 Å². The van der Waals surface area contributed by atoms with Crippen LogP contribution in [-0.2, 0) is 6.18 Å². The number of nitrogens with zero attached hydrogens (tertiary/aromatic N) is 2. The van der Waals surface area contributed by atoms with Gasteiger partial charge in [-0.1, -0.05) is 23.7 Å². The lowest BCUT2D eigenvalue weighted by Crippen LogP contribution is -2.18. The first-order chi connectivity index (χ1) is 12.8. The second kappa shape index (κ2) is 7.63. The van der Waals surface area contributed by atoms with Gasteiger partial charge in [-0.2, -0.15) is 13.2 Å². The Balaban J connectivity index is 1.79. The summed E-state index contributed by atoms with van der Waals surface area (Å²) in [6, 6.07) is 12.7. The Morgan fingerprint density at radius 1 is 1.00 bits per heavy atom. The second-order valence-electron chi connectivity index (χ2n) is 5.39. The molecule has 0 bridgehead atoms. The van der Waals surface area contributed by atoms with Gasteiger partial charge < -0.3 is 10.6 Å². The average Bonchev–Trinajstić information content (AvgIpc) is 2.63. The molecule has 0 aliphatic carbocycles. The fraction of sp³-hybridized carbons (Fsp3) is 0.0556. The minimum atomic E-state index is -4.59. The number of anilines is 3. The van der Waals surface area contributed by atoms with Crippen LogP contribution in [0.1, 0.15) is 16.1 Å². The zero-order chi connectivity index (χ0) is 19.4. The van der Waals surface area contributed by atoms with Crippen LogP contribution in [0.15, 0.2) is 60.8 Å². The molecule has 2 aromatic carbocycles. The van der Waals surface area contributed by atoms with Gasteiger partial charge in [0.25, 0.3) is 5.91 Å². The number of hydrogen-bond donors (Lipinski definition) is 2. The molecule has 0 radical (unpaired) electrons. The maximum atomic E-state index is 13.0. The molecule has 0 saturated heterocycles. The standard InChI is InChI=1S/C18H12ClF3N4O/c19-11-5-7-12(8-6-11)24-17-23-10-9-15(26-17)16(27)25-14-4-2-1-3-13(14)18(20,21)22/h1-10H,(H,25,27)(H,23,24,26). The Morgan fingerprint density at radius 3 is 2.41 bits per heavy atom. The summed E-state index contributed by atoms with van der Waals surface area (Å²) in [5.74, 6) is -0.665. The van der Waals surface area contributed by atoms with E-state index in [1.165, 1.54) is 30.5 Å². The molecular formula is C18H12ClF3N4O. The van der Waals surface area contributed by atoms with Crippen LogP contribution < -0.4 is 10.6 Å². The van der Waals surface area contributed by atoms with Crippen molar-refractivity contribution in [2.24, 2.45) is 0 Å². The Labute approximate surface area is 157 Å². The van der Waals surface area contributed by atoms with Crippen molar-refractivity contribution >= 4 is 34.8 Å². The zero-order valence-electron chi connectivity index (χ0n) is 13.6. The minimum Gasteiger partial charge on any atom is -0.324 e. The number of halogens is 4. The lowest BCUT2D eigenvalue weighted by atomic mass is 10.1. The summed E-state index contributed by atoms with van der Waals surface area (Å²) >= 11 is 5.81. The molecule has 3 rings (SSSR count). The molecule has 0 aliphatic rings. The summed E-state index contributed by atoms with van der Waals surface area (Å²) in [5, 5.41) is 5.68. The predicted octanol–water partition coefficient (Wildman–Crippen LogP) is 5.14. The zero-order valence-corrected chi connectivity index (χ0v) is 14.3. The Hall–Kier alpha value is -3.13. The highest BCUT2D eigenvalue weighted by Gasteiger charge is 2.33. The SMILES string of the molecule is O=C(Nc1ccccc1C(F)(F)F)c1ccnc(Nc2ccc(Cl)cc2)n1. The summed E-state index contributed by atoms with van der Waals surface area (Å²) in [4.78, 5) is 20.3. The summed E-state index contributed by atoms with van der Waals surface area (Å²) in [6.45, 7) is 0. The van der Waals surface area contributed by atoms with E-state index in [9.17, 15) is 18.0 Å². The van der Waals surface area contributed by atoms with Crippen LogP contribution in [-0.4, -0.2) is 15.9 Å². The fourth-order valence-corrected chi connectivity index (χ4v) is 2.36. The van der Waals surface area contributed by atoms with Crippen molar-refractivity contribution in [3.63, 3.8) is 0 Å². The highest BCUT2D eigenvalue weighted by atomic mass is 35.5. The number of para-hydroxylation sites is 1. The number of nitrogens with one attached hydrogen (secondary N) is 2. The maximum Gasteiger partial charge on any atom is 0.418 e. The number of alkyl halides is 3. The molecule has 1 heterocycles. The van der Waals surface area contributed by atoms with E-state index in [1.54, 1.807) is 24.3 Å². The molecule has 0 aliphatic heterocycles. The number of amides is 1. The third-order valence-electron chi connectivity index (χ3n) is 3.47. The van der Waals surface area contributed by atoms with E-state index in [1.807, 2.05) is 0 Å². The van der Waals surface area contributed by atoms with E-state index >= 15 is 0 Å². The Morgan fingerprint density at radius 2 is 1.70 bits per heavy atom. The van der Waals surface area contributed by atoms with E-state index in [-0.39, 0.29) is 17.3 Å². The number of hydrogen-bond acceptors (Lipinski definition) is 4. The van der Waals surface area contributed by atoms with Gasteiger partial charge in [0.05, 0.1) is 11.3 Å². The number of aromatic nitrogens is 2. The molecule has 2 N–H and O–H groups in total. The third-order valence-corrected chi connectivity index (χ3v) is 3.72. The predicted molar refractivity (Wildman–Crippen MR) is 96.2 cm³/mol. The van der Waals surface area contributed by atoms with Crippen LogP contribution in [0.3, 0.4) is 0 Å². The molecule has 5 nitrogen and oxygen atoms in total. The molecule has 0 saturated carbocycles. The van der Waals surface area contributed by atoms with Crippen molar-refractivity contribution < 1.29 is 18.0 Å². The second-order valence-corrected chi connectivity index (χ2v) is 5.83. The first kappa shape index (κ1) is 18.7. The highest BCUT2D eigenvalue weighted by Crippen LogP contribution is 2.34. The number of carbonyl (C=O) groups excluding carboxylic acids is 1. The quantitative estimate of drug-likeness (QED) is 0.644. The summed E-state index contributed by atoms with van der Waals surface area (Å²) in [6.07, 6.45) is -3.26. The van der Waals surface area contributed by atoms with E-state index in [0.717, 1.165) is 6.07 Å². The minimum absolute atomic E-state index is 0.0848. The van der Waals surface area contributed by atoms with Gasteiger partial charge in [0, 0.05) is 16.9 Å². The maximum absolute atomic E-state index is 13.0. The van der Waals surface area contributed by atoms with Crippen molar-refractivity contribution in [3.05, 3.63) is 77.1 Å². The molecule has 0 unspecified atom stereocenters. The van der Waals surface area contributed by atoms with Crippen LogP contribution >= 0.6 is 11.6 Å². The normalized spacial score (nSPS) is 11.1. The van der Waals surface area contributed by atoms with Crippen LogP contribution in [0.4, 0.5) is 30.5 Å². The highest BCUT2D eigenvalue weighted by molar-refractivity contribution is 6.30. The van der Waals surface area contributed by atoms with Crippen LogP contribution in [0.2, 0.25) is 5.02 Å². The molecule has 27 heavy (non-hydrogen) atoms. The van der Waals surface area contributed by atoms with Gasteiger partial charge in [0.15, 0.2) is 0 Å². The van der Waals surface area contributed by atoms with E-state index in [0.29, 0.717) is 10.7 Å². The van der Waals surface area contributed by atoms with Crippen molar-refractivity contribution in [3.8, 4) is 0 Å². The van der Waals surface area contributed by atoms with Gasteiger partial charge in [-0.15, -0.1) is 0 Å². The van der Waals surface area contributed by atoms with Crippen molar-refractivity contribution in [1.82, 2.24) is 9.97 Å². The van der Waals surface area contributed by atoms with Gasteiger partial charge in [-0.3, -0.25) is 4.79 Å². The van der Waals surface area contributed by atoms with Gasteiger partial charge in [-0.25, -0.2) is 9.97 Å². The summed E-state index contributed by atoms with van der Waals surface area (Å²) < 4.78 is 39.1. The van der Waals surface area contributed by atoms with Crippen LogP contribution in [0.25, 0.3) is 0 Å². The molecule has 9 heteroatoms. The third kappa shape index (κ3) is 4.73. The first-order valence-electron chi connectivity index (χ1n) is 7.66. The Bertz CT molecular complexity index is 961. The van der Waals surface area contributed by atoms with Crippen LogP contribution in [0.5, 0.6) is 0 Å². The van der Waals surface area contributed by atoms with Gasteiger partial charge in [0.1, 0.15) is 5.69 Å². The molecule has 138 valence electrons. The van der Waals surface area contributed by atoms with Crippen molar-refractivity contribution in [1.29, 1.82) is 0 Å². The number of benzene rings is 2. The Kier molecular flexibility index (Phi) is 5.27. The number of rotatable bonds is 4. The van der Waals surface area contributed by atoms with Gasteiger partial charge in [-0.05, 0) is 42.5 Å². The van der Waals surface area contributed by atoms with Gasteiger partial charge >= 0.3 is 6.18 Å². The molecular weight excluding hydrogens is 381 g/mol. The molecule has 0 spiro atoms. The molecule has 0 fully saturated rings. The molecule has 0 atom stereocenters. The van der Waals surface area contributed by atoms with E-state index in [2.05, 4.69) is 20.6 Å². The molecule has 1 amide bonds. The molecule has 1 aromatic heterocycles. The monoisotopic (exact) mass is 392 g/mol. The van der Waals surface area contributed by atoms with Gasteiger partial charge in [0.2, 0.25) is 5.95 Å². The van der Waals surface area contributed by atoms with Crippen molar-refractivity contribution in [2.45, 2.75) is 6.18 Å². The molecule has 3 aromatic rings. The smallest absolute Gasteiger partial charge is 0.324 e. The lowest BCUT2D eigenvalue weighted by molar-refractivity contribution is -0.136. The van der Waals surface area contributed by atoms with E-state index in [4.69, 9.17) is 11.6 Å². The fourth-order valence-electron chi connectivity index (χ4n) is 2.23. The van der Waals surface area contributed by atoms with E-state index < -0.39 is 17.6 Å². The lowest BCUT2D eigenvalue weighted by Gasteiger charge is -2.13. The first-order valence-corrected chi connectivity index (χ1v) is 8.04. The topological polar surface area (TPSA) is 66.9 Å².